The number of carbonyl (C=O) groups excluding carboxylic acids is 1. The molecule has 2 aromatic carbocycles. The van der Waals surface area contributed by atoms with Gasteiger partial charge in [0.1, 0.15) is 18.0 Å². The molecule has 1 aromatic heterocycles. The highest BCUT2D eigenvalue weighted by molar-refractivity contribution is 5.94. The largest absolute Gasteiger partial charge is 0.508 e. The summed E-state index contributed by atoms with van der Waals surface area (Å²) in [5.41, 5.74) is 0.812. The van der Waals surface area contributed by atoms with E-state index in [4.69, 9.17) is 0 Å². The number of nitrogens with one attached hydrogen (secondary N) is 2. The number of phenolic OH excluding ortho intramolecular Hbond substituents is 1. The summed E-state index contributed by atoms with van der Waals surface area (Å²) in [5.74, 6) is -0.517. The third-order valence-electron chi connectivity index (χ3n) is 3.97. The molecule has 3 N–H and O–H groups in total. The summed E-state index contributed by atoms with van der Waals surface area (Å²) in [6.07, 6.45) is 0. The molecule has 132 valence electrons. The van der Waals surface area contributed by atoms with Gasteiger partial charge in [-0.1, -0.05) is 42.5 Å². The zero-order valence-corrected chi connectivity index (χ0v) is 13.8. The van der Waals surface area contributed by atoms with E-state index in [2.05, 4.69) is 10.3 Å². The van der Waals surface area contributed by atoms with Gasteiger partial charge in [-0.2, -0.15) is 0 Å². The summed E-state index contributed by atoms with van der Waals surface area (Å²) in [5, 5.41) is 12.6. The normalized spacial score (nSPS) is 11.7. The van der Waals surface area contributed by atoms with Crippen LogP contribution in [0.15, 0.2) is 71.5 Å². The number of aromatic nitrogens is 1. The molecule has 0 aliphatic carbocycles. The first-order chi connectivity index (χ1) is 12.6. The second kappa shape index (κ2) is 7.65. The number of hydrogen-bond donors (Lipinski definition) is 3. The van der Waals surface area contributed by atoms with Gasteiger partial charge in [-0.3, -0.25) is 9.59 Å². The summed E-state index contributed by atoms with van der Waals surface area (Å²) < 4.78 is 12.6. The molecular formula is C20H17FN2O3. The number of halogens is 1. The molecule has 3 rings (SSSR count). The molecule has 0 aliphatic rings. The quantitative estimate of drug-likeness (QED) is 0.660. The molecule has 1 unspecified atom stereocenters. The molecule has 26 heavy (non-hydrogen) atoms. The Hall–Kier alpha value is -3.41. The number of aromatic amines is 1. The van der Waals surface area contributed by atoms with Crippen molar-refractivity contribution in [3.63, 3.8) is 0 Å². The molecule has 0 saturated carbocycles. The van der Waals surface area contributed by atoms with Crippen LogP contribution in [0.1, 0.15) is 33.2 Å². The average Bonchev–Trinajstić information content (AvgIpc) is 2.66. The van der Waals surface area contributed by atoms with Gasteiger partial charge in [-0.15, -0.1) is 0 Å². The van der Waals surface area contributed by atoms with E-state index in [0.29, 0.717) is 5.56 Å². The van der Waals surface area contributed by atoms with Crippen LogP contribution >= 0.6 is 0 Å². The van der Waals surface area contributed by atoms with Gasteiger partial charge in [0.15, 0.2) is 0 Å². The van der Waals surface area contributed by atoms with E-state index in [9.17, 15) is 19.1 Å². The first-order valence-electron chi connectivity index (χ1n) is 8.01. The van der Waals surface area contributed by atoms with Crippen molar-refractivity contribution in [2.75, 3.05) is 0 Å². The van der Waals surface area contributed by atoms with Crippen LogP contribution in [0, 0.1) is 0 Å². The van der Waals surface area contributed by atoms with Crippen LogP contribution in [0.5, 0.6) is 5.75 Å². The smallest absolute Gasteiger partial charge is 0.261 e. The van der Waals surface area contributed by atoms with Crippen molar-refractivity contribution in [3.8, 4) is 5.75 Å². The minimum atomic E-state index is -0.812. The zero-order chi connectivity index (χ0) is 18.5. The highest BCUT2D eigenvalue weighted by Crippen LogP contribution is 2.25. The fourth-order valence-electron chi connectivity index (χ4n) is 2.69. The van der Waals surface area contributed by atoms with Crippen LogP contribution in [-0.4, -0.2) is 16.0 Å². The fraction of sp³-hybridized carbons (Fsp3) is 0.100. The van der Waals surface area contributed by atoms with Crippen molar-refractivity contribution >= 4 is 5.91 Å². The Morgan fingerprint density at radius 2 is 1.77 bits per heavy atom. The van der Waals surface area contributed by atoms with Crippen molar-refractivity contribution in [1.82, 2.24) is 10.3 Å². The second-order valence-electron chi connectivity index (χ2n) is 5.77. The molecular weight excluding hydrogens is 335 g/mol. The summed E-state index contributed by atoms with van der Waals surface area (Å²) in [6, 6.07) is 17.8. The summed E-state index contributed by atoms with van der Waals surface area (Å²) in [6.45, 7) is -0.812. The van der Waals surface area contributed by atoms with Crippen molar-refractivity contribution in [1.29, 1.82) is 0 Å². The molecule has 1 atom stereocenters. The summed E-state index contributed by atoms with van der Waals surface area (Å²) >= 11 is 0. The van der Waals surface area contributed by atoms with Crippen molar-refractivity contribution in [3.05, 3.63) is 99.5 Å². The SMILES string of the molecule is O=C(NC(c1ccccc1)c1cccc(O)c1)c1ccc(CF)[nH]c1=O. The van der Waals surface area contributed by atoms with Crippen LogP contribution < -0.4 is 10.9 Å². The first kappa shape index (κ1) is 17.4. The van der Waals surface area contributed by atoms with Gasteiger partial charge < -0.3 is 15.4 Å². The highest BCUT2D eigenvalue weighted by atomic mass is 19.1. The lowest BCUT2D eigenvalue weighted by Gasteiger charge is -2.20. The van der Waals surface area contributed by atoms with Gasteiger partial charge in [0.05, 0.1) is 6.04 Å². The predicted octanol–water partition coefficient (Wildman–Crippen LogP) is 3.07. The van der Waals surface area contributed by atoms with Crippen molar-refractivity contribution < 1.29 is 14.3 Å². The van der Waals surface area contributed by atoms with Crippen LogP contribution in [0.2, 0.25) is 0 Å². The Kier molecular flexibility index (Phi) is 5.12. The van der Waals surface area contributed by atoms with Crippen LogP contribution in [0.25, 0.3) is 0 Å². The third-order valence-corrected chi connectivity index (χ3v) is 3.97. The number of hydrogen-bond acceptors (Lipinski definition) is 3. The van der Waals surface area contributed by atoms with Crippen LogP contribution in [-0.2, 0) is 6.67 Å². The minimum Gasteiger partial charge on any atom is -0.508 e. The molecule has 3 aromatic rings. The standard InChI is InChI=1S/C20H17FN2O3/c21-12-15-9-10-17(19(25)22-15)20(26)23-18(13-5-2-1-3-6-13)14-7-4-8-16(24)11-14/h1-11,18,24H,12H2,(H,22,25)(H,23,26). The topological polar surface area (TPSA) is 82.2 Å². The monoisotopic (exact) mass is 352 g/mol. The van der Waals surface area contributed by atoms with E-state index in [0.717, 1.165) is 5.56 Å². The zero-order valence-electron chi connectivity index (χ0n) is 13.8. The van der Waals surface area contributed by atoms with Crippen molar-refractivity contribution in [2.24, 2.45) is 0 Å². The maximum absolute atomic E-state index is 12.6. The minimum absolute atomic E-state index is 0.0721. The Labute approximate surface area is 149 Å². The Bertz CT molecular complexity index is 970. The van der Waals surface area contributed by atoms with Gasteiger partial charge in [-0.05, 0) is 35.4 Å². The molecule has 0 radical (unpaired) electrons. The average molecular weight is 352 g/mol. The molecule has 6 heteroatoms. The second-order valence-corrected chi connectivity index (χ2v) is 5.77. The Morgan fingerprint density at radius 1 is 1.04 bits per heavy atom. The number of aromatic hydroxyl groups is 1. The van der Waals surface area contributed by atoms with Gasteiger partial charge in [0.25, 0.3) is 11.5 Å². The number of phenols is 1. The number of rotatable bonds is 5. The molecule has 5 nitrogen and oxygen atoms in total. The maximum Gasteiger partial charge on any atom is 0.261 e. The number of pyridine rings is 1. The number of carbonyl (C=O) groups is 1. The lowest BCUT2D eigenvalue weighted by Crippen LogP contribution is -2.33. The number of H-pyrrole nitrogens is 1. The van der Waals surface area contributed by atoms with E-state index in [-0.39, 0.29) is 17.0 Å². The fourth-order valence-corrected chi connectivity index (χ4v) is 2.69. The molecule has 0 bridgehead atoms. The van der Waals surface area contributed by atoms with Crippen LogP contribution in [0.4, 0.5) is 4.39 Å². The number of benzene rings is 2. The molecule has 1 amide bonds. The third kappa shape index (κ3) is 3.80. The predicted molar refractivity (Wildman–Crippen MR) is 95.7 cm³/mol. The van der Waals surface area contributed by atoms with E-state index in [1.165, 1.54) is 18.2 Å². The molecule has 1 heterocycles. The van der Waals surface area contributed by atoms with Gasteiger partial charge in [0, 0.05) is 5.69 Å². The van der Waals surface area contributed by atoms with E-state index < -0.39 is 24.2 Å². The number of alkyl halides is 1. The molecule has 0 spiro atoms. The number of amides is 1. The van der Waals surface area contributed by atoms with Crippen LogP contribution in [0.3, 0.4) is 0 Å². The van der Waals surface area contributed by atoms with E-state index in [1.54, 1.807) is 18.2 Å². The Morgan fingerprint density at radius 3 is 2.42 bits per heavy atom. The van der Waals surface area contributed by atoms with Gasteiger partial charge in [0.2, 0.25) is 0 Å². The summed E-state index contributed by atoms with van der Waals surface area (Å²) in [4.78, 5) is 27.0. The molecule has 0 aliphatic heterocycles. The Balaban J connectivity index is 1.96. The summed E-state index contributed by atoms with van der Waals surface area (Å²) in [7, 11) is 0. The van der Waals surface area contributed by atoms with Crippen molar-refractivity contribution in [2.45, 2.75) is 12.7 Å². The van der Waals surface area contributed by atoms with Gasteiger partial charge >= 0.3 is 0 Å². The lowest BCUT2D eigenvalue weighted by molar-refractivity contribution is 0.0941. The first-order valence-corrected chi connectivity index (χ1v) is 8.01. The molecule has 0 saturated heterocycles. The highest BCUT2D eigenvalue weighted by Gasteiger charge is 2.20. The molecule has 0 fully saturated rings. The van der Waals surface area contributed by atoms with E-state index in [1.807, 2.05) is 30.3 Å². The maximum atomic E-state index is 12.6. The lowest BCUT2D eigenvalue weighted by atomic mass is 9.98. The van der Waals surface area contributed by atoms with E-state index >= 15 is 0 Å². The van der Waals surface area contributed by atoms with Gasteiger partial charge in [-0.25, -0.2) is 4.39 Å².